The lowest BCUT2D eigenvalue weighted by molar-refractivity contribution is -0.146. The molecule has 1 aliphatic heterocycles. The van der Waals surface area contributed by atoms with E-state index in [2.05, 4.69) is 33.9 Å². The number of esters is 1. The zero-order chi connectivity index (χ0) is 23.8. The molecule has 0 radical (unpaired) electrons. The van der Waals surface area contributed by atoms with Crippen LogP contribution < -0.4 is 0 Å². The number of amides is 1. The molecule has 1 aromatic carbocycles. The smallest absolute Gasteiger partial charge is 0.410 e. The van der Waals surface area contributed by atoms with Crippen molar-refractivity contribution in [2.75, 3.05) is 26.3 Å². The second-order valence-electron chi connectivity index (χ2n) is 10.5. The highest BCUT2D eigenvalue weighted by molar-refractivity contribution is 6.74. The third-order valence-electron chi connectivity index (χ3n) is 6.99. The van der Waals surface area contributed by atoms with Crippen LogP contribution in [0.3, 0.4) is 0 Å². The van der Waals surface area contributed by atoms with Crippen LogP contribution >= 0.6 is 0 Å². The normalized spacial score (nSPS) is 16.5. The van der Waals surface area contributed by atoms with Crippen LogP contribution in [0.25, 0.3) is 0 Å². The molecule has 0 spiro atoms. The third kappa shape index (κ3) is 7.92. The van der Waals surface area contributed by atoms with Crippen LogP contribution in [0.2, 0.25) is 18.1 Å². The summed E-state index contributed by atoms with van der Waals surface area (Å²) in [5.41, 5.74) is 0.863. The van der Waals surface area contributed by atoms with Gasteiger partial charge < -0.3 is 18.8 Å². The van der Waals surface area contributed by atoms with E-state index in [0.29, 0.717) is 19.7 Å². The molecule has 1 aromatic rings. The molecule has 0 atom stereocenters. The van der Waals surface area contributed by atoms with Crippen LogP contribution in [-0.4, -0.2) is 51.6 Å². The van der Waals surface area contributed by atoms with Crippen LogP contribution in [0, 0.1) is 5.41 Å². The van der Waals surface area contributed by atoms with E-state index in [1.54, 1.807) is 4.90 Å². The highest BCUT2D eigenvalue weighted by Crippen LogP contribution is 2.39. The Hall–Kier alpha value is -1.86. The number of ether oxygens (including phenoxy) is 2. The van der Waals surface area contributed by atoms with Gasteiger partial charge in [-0.2, -0.15) is 0 Å². The zero-order valence-electron chi connectivity index (χ0n) is 20.7. The number of hydrogen-bond acceptors (Lipinski definition) is 5. The average Bonchev–Trinajstić information content (AvgIpc) is 2.74. The number of rotatable bonds is 9. The second-order valence-corrected chi connectivity index (χ2v) is 15.3. The number of benzene rings is 1. The molecule has 0 unspecified atom stereocenters. The Morgan fingerprint density at radius 1 is 1.06 bits per heavy atom. The first kappa shape index (κ1) is 26.4. The van der Waals surface area contributed by atoms with E-state index >= 15 is 0 Å². The summed E-state index contributed by atoms with van der Waals surface area (Å²) in [5.74, 6) is -0.258. The van der Waals surface area contributed by atoms with Crippen LogP contribution in [0.4, 0.5) is 4.79 Å². The molecule has 6 nitrogen and oxygen atoms in total. The standard InChI is InChI=1S/C25H41NO5Si/c1-21(27)30-20-25(13-10-18-31-32(5,6)24(2,3)4)14-16-26(17-15-25)23(28)29-19-22-11-8-7-9-12-22/h7-9,11-12H,10,13-20H2,1-6H3. The summed E-state index contributed by atoms with van der Waals surface area (Å²) in [5, 5.41) is 0.188. The molecule has 7 heteroatoms. The topological polar surface area (TPSA) is 65.1 Å². The van der Waals surface area contributed by atoms with Crippen LogP contribution in [0.1, 0.15) is 58.9 Å². The first-order valence-corrected chi connectivity index (χ1v) is 14.6. The summed E-state index contributed by atoms with van der Waals surface area (Å²) in [6.07, 6.45) is 3.14. The van der Waals surface area contributed by atoms with Gasteiger partial charge in [-0.3, -0.25) is 4.79 Å². The summed E-state index contributed by atoms with van der Waals surface area (Å²) in [4.78, 5) is 25.7. The summed E-state index contributed by atoms with van der Waals surface area (Å²) in [6, 6.07) is 9.69. The maximum absolute atomic E-state index is 12.5. The minimum Gasteiger partial charge on any atom is -0.465 e. The van der Waals surface area contributed by atoms with Gasteiger partial charge in [0.25, 0.3) is 0 Å². The van der Waals surface area contributed by atoms with Crippen molar-refractivity contribution in [2.24, 2.45) is 5.41 Å². The molecule has 180 valence electrons. The lowest BCUT2D eigenvalue weighted by Crippen LogP contribution is -2.45. The van der Waals surface area contributed by atoms with Crippen LogP contribution in [0.5, 0.6) is 0 Å². The highest BCUT2D eigenvalue weighted by atomic mass is 28.4. The Labute approximate surface area is 194 Å². The van der Waals surface area contributed by atoms with Gasteiger partial charge in [-0.1, -0.05) is 51.1 Å². The monoisotopic (exact) mass is 463 g/mol. The SMILES string of the molecule is CC(=O)OCC1(CCCO[Si](C)(C)C(C)(C)C)CCN(C(=O)OCc2ccccc2)CC1. The van der Waals surface area contributed by atoms with Gasteiger partial charge in [0.15, 0.2) is 8.32 Å². The highest BCUT2D eigenvalue weighted by Gasteiger charge is 2.39. The Morgan fingerprint density at radius 3 is 2.25 bits per heavy atom. The van der Waals surface area contributed by atoms with Crippen LogP contribution in [0.15, 0.2) is 30.3 Å². The minimum atomic E-state index is -1.77. The maximum atomic E-state index is 12.5. The molecule has 2 rings (SSSR count). The van der Waals surface area contributed by atoms with E-state index in [1.165, 1.54) is 6.92 Å². The summed E-state index contributed by atoms with van der Waals surface area (Å²) in [7, 11) is -1.77. The quantitative estimate of drug-likeness (QED) is 0.264. The molecular formula is C25H41NO5Si. The van der Waals surface area contributed by atoms with Crippen molar-refractivity contribution in [3.63, 3.8) is 0 Å². The predicted molar refractivity (Wildman–Crippen MR) is 129 cm³/mol. The van der Waals surface area contributed by atoms with E-state index in [1.807, 2.05) is 30.3 Å². The number of carbonyl (C=O) groups is 2. The number of carbonyl (C=O) groups excluding carboxylic acids is 2. The fourth-order valence-corrected chi connectivity index (χ4v) is 4.77. The first-order chi connectivity index (χ1) is 14.9. The second kappa shape index (κ2) is 11.3. The van der Waals surface area contributed by atoms with Crippen molar-refractivity contribution in [3.05, 3.63) is 35.9 Å². The third-order valence-corrected chi connectivity index (χ3v) is 11.5. The van der Waals surface area contributed by atoms with Crippen molar-refractivity contribution < 1.29 is 23.5 Å². The zero-order valence-corrected chi connectivity index (χ0v) is 21.7. The number of nitrogens with zero attached hydrogens (tertiary/aromatic N) is 1. The predicted octanol–water partition coefficient (Wildman–Crippen LogP) is 5.77. The lowest BCUT2D eigenvalue weighted by Gasteiger charge is -2.41. The van der Waals surface area contributed by atoms with Gasteiger partial charge in [0, 0.05) is 32.0 Å². The number of hydrogen-bond donors (Lipinski definition) is 0. The largest absolute Gasteiger partial charge is 0.465 e. The van der Waals surface area contributed by atoms with Gasteiger partial charge >= 0.3 is 12.1 Å². The molecule has 1 heterocycles. The molecule has 1 saturated heterocycles. The first-order valence-electron chi connectivity index (χ1n) is 11.7. The van der Waals surface area contributed by atoms with Crippen molar-refractivity contribution in [1.82, 2.24) is 4.90 Å². The summed E-state index contributed by atoms with van der Waals surface area (Å²) in [6.45, 7) is 15.3. The van der Waals surface area contributed by atoms with Gasteiger partial charge in [0.1, 0.15) is 6.61 Å². The van der Waals surface area contributed by atoms with Gasteiger partial charge in [-0.05, 0) is 49.4 Å². The summed E-state index contributed by atoms with van der Waals surface area (Å²) >= 11 is 0. The Bertz CT molecular complexity index is 736. The van der Waals surface area contributed by atoms with Crippen molar-refractivity contribution in [2.45, 2.75) is 78.1 Å². The molecule has 1 fully saturated rings. The molecule has 1 aliphatic rings. The summed E-state index contributed by atoms with van der Waals surface area (Å²) < 4.78 is 17.3. The van der Waals surface area contributed by atoms with E-state index in [0.717, 1.165) is 37.9 Å². The molecule has 0 aromatic heterocycles. The molecule has 0 N–H and O–H groups in total. The van der Waals surface area contributed by atoms with Crippen molar-refractivity contribution in [3.8, 4) is 0 Å². The Kier molecular flexibility index (Phi) is 9.34. The van der Waals surface area contributed by atoms with Gasteiger partial charge in [-0.25, -0.2) is 4.79 Å². The average molecular weight is 464 g/mol. The van der Waals surface area contributed by atoms with Gasteiger partial charge in [0.05, 0.1) is 6.61 Å². The lowest BCUT2D eigenvalue weighted by atomic mass is 9.75. The van der Waals surface area contributed by atoms with Crippen molar-refractivity contribution >= 4 is 20.4 Å². The Morgan fingerprint density at radius 2 is 1.69 bits per heavy atom. The fraction of sp³-hybridized carbons (Fsp3) is 0.680. The molecule has 1 amide bonds. The number of piperidine rings is 1. The Balaban J connectivity index is 1.86. The molecule has 0 bridgehead atoms. The molecule has 0 aliphatic carbocycles. The van der Waals surface area contributed by atoms with E-state index in [-0.39, 0.29) is 29.1 Å². The van der Waals surface area contributed by atoms with E-state index < -0.39 is 8.32 Å². The van der Waals surface area contributed by atoms with Crippen molar-refractivity contribution in [1.29, 1.82) is 0 Å². The van der Waals surface area contributed by atoms with Gasteiger partial charge in [-0.15, -0.1) is 0 Å². The molecular weight excluding hydrogens is 422 g/mol. The van der Waals surface area contributed by atoms with Gasteiger partial charge in [0.2, 0.25) is 0 Å². The minimum absolute atomic E-state index is 0.112. The van der Waals surface area contributed by atoms with Crippen LogP contribution in [-0.2, 0) is 25.3 Å². The fourth-order valence-electron chi connectivity index (χ4n) is 3.69. The molecule has 0 saturated carbocycles. The van der Waals surface area contributed by atoms with E-state index in [4.69, 9.17) is 13.9 Å². The number of likely N-dealkylation sites (tertiary alicyclic amines) is 1. The maximum Gasteiger partial charge on any atom is 0.410 e. The van der Waals surface area contributed by atoms with E-state index in [9.17, 15) is 9.59 Å². The molecule has 32 heavy (non-hydrogen) atoms.